The lowest BCUT2D eigenvalue weighted by Crippen LogP contribution is -2.58. The zero-order chi connectivity index (χ0) is 15.3. The molecule has 7 heteroatoms. The van der Waals surface area contributed by atoms with Crippen molar-refractivity contribution >= 4 is 23.3 Å². The molecule has 3 rings (SSSR count). The molecule has 0 aromatic heterocycles. The highest BCUT2D eigenvalue weighted by molar-refractivity contribution is 6.30. The molecule has 0 saturated heterocycles. The van der Waals surface area contributed by atoms with Gasteiger partial charge in [0, 0.05) is 16.3 Å². The lowest BCUT2D eigenvalue weighted by molar-refractivity contribution is -0.181. The van der Waals surface area contributed by atoms with E-state index in [1.54, 1.807) is 0 Å². The maximum Gasteiger partial charge on any atom is 0.419 e. The zero-order valence-electron chi connectivity index (χ0n) is 10.8. The fraction of sp³-hybridized carbons (Fsp3) is 0.357. The highest BCUT2D eigenvalue weighted by Gasteiger charge is 2.58. The van der Waals surface area contributed by atoms with E-state index in [1.165, 1.54) is 24.3 Å². The van der Waals surface area contributed by atoms with Crippen molar-refractivity contribution in [3.8, 4) is 0 Å². The van der Waals surface area contributed by atoms with Gasteiger partial charge < -0.3 is 10.6 Å². The van der Waals surface area contributed by atoms with Gasteiger partial charge in [-0.1, -0.05) is 17.7 Å². The Morgan fingerprint density at radius 3 is 2.67 bits per heavy atom. The third kappa shape index (κ3) is 2.48. The summed E-state index contributed by atoms with van der Waals surface area (Å²) in [5.74, 6) is 0.152. The largest absolute Gasteiger partial charge is 0.419 e. The van der Waals surface area contributed by atoms with Crippen molar-refractivity contribution in [2.24, 2.45) is 5.92 Å². The van der Waals surface area contributed by atoms with Crippen molar-refractivity contribution in [1.29, 1.82) is 0 Å². The van der Waals surface area contributed by atoms with Crippen molar-refractivity contribution in [3.05, 3.63) is 40.9 Å². The lowest BCUT2D eigenvalue weighted by Gasteiger charge is -2.39. The van der Waals surface area contributed by atoms with Crippen LogP contribution in [0.3, 0.4) is 0 Å². The SMILES string of the molecule is O=C1Nc2ccc(Cl)cc2[C@](/C=C/C2CC2)(C(F)(F)F)N1. The van der Waals surface area contributed by atoms with E-state index in [1.807, 2.05) is 5.32 Å². The van der Waals surface area contributed by atoms with Gasteiger partial charge in [0.05, 0.1) is 0 Å². The van der Waals surface area contributed by atoms with E-state index in [0.717, 1.165) is 18.9 Å². The molecular weight excluding hydrogens is 305 g/mol. The quantitative estimate of drug-likeness (QED) is 0.789. The number of allylic oxidation sites excluding steroid dienone is 1. The van der Waals surface area contributed by atoms with E-state index >= 15 is 0 Å². The molecule has 0 radical (unpaired) electrons. The third-order valence-electron chi connectivity index (χ3n) is 3.65. The number of alkyl halides is 3. The van der Waals surface area contributed by atoms with Gasteiger partial charge in [-0.2, -0.15) is 13.2 Å². The second-order valence-electron chi connectivity index (χ2n) is 5.27. The number of hydrogen-bond donors (Lipinski definition) is 2. The van der Waals surface area contributed by atoms with E-state index in [0.29, 0.717) is 0 Å². The number of anilines is 1. The van der Waals surface area contributed by atoms with Gasteiger partial charge >= 0.3 is 12.2 Å². The number of carbonyl (C=O) groups is 1. The molecule has 2 aliphatic rings. The Morgan fingerprint density at radius 2 is 2.05 bits per heavy atom. The van der Waals surface area contributed by atoms with Crippen molar-refractivity contribution in [1.82, 2.24) is 5.32 Å². The van der Waals surface area contributed by atoms with Crippen LogP contribution < -0.4 is 10.6 Å². The summed E-state index contributed by atoms with van der Waals surface area (Å²) < 4.78 is 41.1. The topological polar surface area (TPSA) is 41.1 Å². The van der Waals surface area contributed by atoms with E-state index in [-0.39, 0.29) is 22.2 Å². The first-order valence-electron chi connectivity index (χ1n) is 6.47. The summed E-state index contributed by atoms with van der Waals surface area (Å²) in [6, 6.07) is 3.16. The minimum absolute atomic E-state index is 0.0981. The molecule has 0 spiro atoms. The number of hydrogen-bond acceptors (Lipinski definition) is 1. The molecule has 1 aliphatic carbocycles. The molecule has 1 aliphatic heterocycles. The molecule has 0 bridgehead atoms. The Balaban J connectivity index is 2.18. The average molecular weight is 317 g/mol. The van der Waals surface area contributed by atoms with E-state index in [9.17, 15) is 18.0 Å². The number of fused-ring (bicyclic) bond motifs is 1. The predicted octanol–water partition coefficient (Wildman–Crippen LogP) is 4.20. The van der Waals surface area contributed by atoms with Crippen LogP contribution >= 0.6 is 11.6 Å². The van der Waals surface area contributed by atoms with Gasteiger partial charge in [-0.25, -0.2) is 4.79 Å². The molecule has 1 aromatic carbocycles. The van der Waals surface area contributed by atoms with Crippen molar-refractivity contribution in [2.75, 3.05) is 5.32 Å². The molecule has 0 unspecified atom stereocenters. The number of nitrogens with one attached hydrogen (secondary N) is 2. The van der Waals surface area contributed by atoms with Gasteiger partial charge in [-0.3, -0.25) is 0 Å². The van der Waals surface area contributed by atoms with Gasteiger partial charge in [0.25, 0.3) is 0 Å². The molecule has 1 aromatic rings. The minimum Gasteiger partial charge on any atom is -0.316 e. The normalized spacial score (nSPS) is 25.4. The van der Waals surface area contributed by atoms with E-state index in [4.69, 9.17) is 11.6 Å². The number of rotatable bonds is 2. The molecule has 21 heavy (non-hydrogen) atoms. The Morgan fingerprint density at radius 1 is 1.33 bits per heavy atom. The van der Waals surface area contributed by atoms with Crippen LogP contribution in [0.25, 0.3) is 0 Å². The number of benzene rings is 1. The van der Waals surface area contributed by atoms with Crippen LogP contribution in [-0.4, -0.2) is 12.2 Å². The van der Waals surface area contributed by atoms with Crippen LogP contribution in [0.15, 0.2) is 30.4 Å². The molecular formula is C14H12ClF3N2O. The fourth-order valence-corrected chi connectivity index (χ4v) is 2.54. The maximum atomic E-state index is 13.7. The minimum atomic E-state index is -4.67. The maximum absolute atomic E-state index is 13.7. The van der Waals surface area contributed by atoms with Crippen LogP contribution in [0.1, 0.15) is 18.4 Å². The highest BCUT2D eigenvalue weighted by atomic mass is 35.5. The smallest absolute Gasteiger partial charge is 0.316 e. The van der Waals surface area contributed by atoms with Crippen LogP contribution in [-0.2, 0) is 5.54 Å². The Bertz CT molecular complexity index is 625. The van der Waals surface area contributed by atoms with E-state index < -0.39 is 17.7 Å². The summed E-state index contributed by atoms with van der Waals surface area (Å²) >= 11 is 5.83. The Kier molecular flexibility index (Phi) is 3.16. The van der Waals surface area contributed by atoms with E-state index in [2.05, 4.69) is 5.32 Å². The van der Waals surface area contributed by atoms with Crippen LogP contribution in [0, 0.1) is 5.92 Å². The van der Waals surface area contributed by atoms with Crippen LogP contribution in [0.5, 0.6) is 0 Å². The Labute approximate surface area is 124 Å². The molecule has 2 amide bonds. The zero-order valence-corrected chi connectivity index (χ0v) is 11.6. The predicted molar refractivity (Wildman–Crippen MR) is 73.2 cm³/mol. The first-order chi connectivity index (χ1) is 9.82. The first-order valence-corrected chi connectivity index (χ1v) is 6.85. The second kappa shape index (κ2) is 4.66. The molecule has 3 nitrogen and oxygen atoms in total. The lowest BCUT2D eigenvalue weighted by atomic mass is 9.85. The highest BCUT2D eigenvalue weighted by Crippen LogP contribution is 2.46. The number of halogens is 4. The van der Waals surface area contributed by atoms with Gasteiger partial charge in [0.1, 0.15) is 0 Å². The average Bonchev–Trinajstić information content (AvgIpc) is 3.19. The standard InChI is InChI=1S/C14H12ClF3N2O/c15-9-3-4-11-10(7-9)13(14(16,17)18,20-12(21)19-11)6-5-8-1-2-8/h3-8H,1-2H2,(H2,19,20,21)/b6-5+/t13-/m1/s1. The summed E-state index contributed by atoms with van der Waals surface area (Å²) in [4.78, 5) is 11.6. The summed E-state index contributed by atoms with van der Waals surface area (Å²) in [6.45, 7) is 0. The van der Waals surface area contributed by atoms with Gasteiger partial charge in [-0.15, -0.1) is 0 Å². The van der Waals surface area contributed by atoms with Crippen molar-refractivity contribution in [2.45, 2.75) is 24.6 Å². The summed E-state index contributed by atoms with van der Waals surface area (Å²) in [5.41, 5.74) is -2.53. The number of amides is 2. The number of carbonyl (C=O) groups excluding carboxylic acids is 1. The van der Waals surface area contributed by atoms with Gasteiger partial charge in [0.2, 0.25) is 0 Å². The van der Waals surface area contributed by atoms with Crippen molar-refractivity contribution < 1.29 is 18.0 Å². The van der Waals surface area contributed by atoms with Crippen molar-refractivity contribution in [3.63, 3.8) is 0 Å². The van der Waals surface area contributed by atoms with Crippen LogP contribution in [0.4, 0.5) is 23.7 Å². The summed E-state index contributed by atoms with van der Waals surface area (Å²) in [5, 5.41) is 4.57. The fourth-order valence-electron chi connectivity index (χ4n) is 2.37. The third-order valence-corrected chi connectivity index (χ3v) is 3.89. The molecule has 1 fully saturated rings. The number of urea groups is 1. The first kappa shape index (κ1) is 14.3. The second-order valence-corrected chi connectivity index (χ2v) is 5.71. The summed E-state index contributed by atoms with van der Waals surface area (Å²) in [6.07, 6.45) is -0.365. The van der Waals surface area contributed by atoms with Crippen LogP contribution in [0.2, 0.25) is 5.02 Å². The molecule has 2 N–H and O–H groups in total. The molecule has 1 saturated carbocycles. The molecule has 1 atom stereocenters. The van der Waals surface area contributed by atoms with Gasteiger partial charge in [0.15, 0.2) is 5.54 Å². The summed E-state index contributed by atoms with van der Waals surface area (Å²) in [7, 11) is 0. The van der Waals surface area contributed by atoms with Gasteiger partial charge in [-0.05, 0) is 43.0 Å². The Hall–Kier alpha value is -1.69. The molecule has 112 valence electrons. The molecule has 1 heterocycles. The monoisotopic (exact) mass is 316 g/mol.